The highest BCUT2D eigenvalue weighted by molar-refractivity contribution is 7.89. The minimum Gasteiger partial charge on any atom is -0.313 e. The zero-order chi connectivity index (χ0) is 11.9. The van der Waals surface area contributed by atoms with E-state index in [9.17, 15) is 8.42 Å². The van der Waals surface area contributed by atoms with Crippen molar-refractivity contribution in [1.82, 2.24) is 10.0 Å². The summed E-state index contributed by atoms with van der Waals surface area (Å²) in [5.41, 5.74) is 0. The molecule has 0 amide bonds. The molecule has 15 heavy (non-hydrogen) atoms. The highest BCUT2D eigenvalue weighted by atomic mass is 32.2. The van der Waals surface area contributed by atoms with Gasteiger partial charge >= 0.3 is 0 Å². The molecule has 4 nitrogen and oxygen atoms in total. The Kier molecular flexibility index (Phi) is 7.13. The van der Waals surface area contributed by atoms with Gasteiger partial charge in [0.25, 0.3) is 0 Å². The summed E-state index contributed by atoms with van der Waals surface area (Å²) in [5, 5.41) is 3.16. The highest BCUT2D eigenvalue weighted by Crippen LogP contribution is 2.01. The molecule has 0 aliphatic carbocycles. The van der Waals surface area contributed by atoms with Crippen LogP contribution < -0.4 is 10.0 Å². The lowest BCUT2D eigenvalue weighted by Gasteiger charge is -2.13. The van der Waals surface area contributed by atoms with Crippen molar-refractivity contribution >= 4 is 10.0 Å². The summed E-state index contributed by atoms with van der Waals surface area (Å²) in [6, 6.07) is 0.184. The first kappa shape index (κ1) is 14.9. The summed E-state index contributed by atoms with van der Waals surface area (Å²) in [6.45, 7) is 9.34. The van der Waals surface area contributed by atoms with E-state index in [0.717, 1.165) is 6.54 Å². The molecule has 0 unspecified atom stereocenters. The number of nitrogens with one attached hydrogen (secondary N) is 2. The van der Waals surface area contributed by atoms with Crippen LogP contribution in [0.2, 0.25) is 0 Å². The topological polar surface area (TPSA) is 58.2 Å². The predicted molar refractivity (Wildman–Crippen MR) is 64.4 cm³/mol. The van der Waals surface area contributed by atoms with Gasteiger partial charge in [0, 0.05) is 12.6 Å². The summed E-state index contributed by atoms with van der Waals surface area (Å²) in [6.07, 6.45) is 0.713. The molecule has 92 valence electrons. The minimum atomic E-state index is -3.08. The quantitative estimate of drug-likeness (QED) is 0.660. The van der Waals surface area contributed by atoms with E-state index in [0.29, 0.717) is 18.9 Å². The van der Waals surface area contributed by atoms with Crippen molar-refractivity contribution in [3.63, 3.8) is 0 Å². The molecule has 0 fully saturated rings. The molecule has 0 heterocycles. The zero-order valence-corrected chi connectivity index (χ0v) is 11.0. The van der Waals surface area contributed by atoms with E-state index in [1.807, 2.05) is 27.7 Å². The number of rotatable bonds is 8. The first-order chi connectivity index (χ1) is 6.87. The first-order valence-electron chi connectivity index (χ1n) is 5.58. The molecule has 0 aromatic heterocycles. The maximum Gasteiger partial charge on any atom is 0.211 e. The highest BCUT2D eigenvalue weighted by Gasteiger charge is 2.11. The first-order valence-corrected chi connectivity index (χ1v) is 7.23. The maximum absolute atomic E-state index is 11.5. The molecule has 0 rings (SSSR count). The molecular weight excluding hydrogens is 212 g/mol. The van der Waals surface area contributed by atoms with Gasteiger partial charge in [-0.2, -0.15) is 0 Å². The van der Waals surface area contributed by atoms with E-state index in [-0.39, 0.29) is 11.8 Å². The Labute approximate surface area is 93.9 Å². The summed E-state index contributed by atoms with van der Waals surface area (Å²) < 4.78 is 25.6. The standard InChI is InChI=1S/C10H24N2O2S/c1-5-11-10(4)8-12-15(13,14)7-6-9(2)3/h9-12H,5-8H2,1-4H3/t10-/m1/s1. The molecule has 0 aromatic rings. The number of likely N-dealkylation sites (N-methyl/N-ethyl adjacent to an activating group) is 1. The fourth-order valence-electron chi connectivity index (χ4n) is 1.14. The van der Waals surface area contributed by atoms with Crippen LogP contribution in [-0.4, -0.2) is 33.3 Å². The van der Waals surface area contributed by atoms with E-state index in [2.05, 4.69) is 10.0 Å². The molecule has 0 saturated carbocycles. The van der Waals surface area contributed by atoms with Crippen LogP contribution in [0.15, 0.2) is 0 Å². The fourth-order valence-corrected chi connectivity index (χ4v) is 2.57. The van der Waals surface area contributed by atoms with Crippen LogP contribution in [0.3, 0.4) is 0 Å². The lowest BCUT2D eigenvalue weighted by atomic mass is 10.2. The third kappa shape index (κ3) is 8.84. The largest absolute Gasteiger partial charge is 0.313 e. The van der Waals surface area contributed by atoms with Crippen LogP contribution in [-0.2, 0) is 10.0 Å². The summed E-state index contributed by atoms with van der Waals surface area (Å²) in [5.74, 6) is 0.650. The van der Waals surface area contributed by atoms with Gasteiger partial charge in [0.15, 0.2) is 0 Å². The second-order valence-corrected chi connectivity index (χ2v) is 6.24. The van der Waals surface area contributed by atoms with Gasteiger partial charge in [-0.3, -0.25) is 0 Å². The molecule has 0 saturated heterocycles. The van der Waals surface area contributed by atoms with Gasteiger partial charge in [-0.05, 0) is 25.8 Å². The van der Waals surface area contributed by atoms with E-state index < -0.39 is 10.0 Å². The van der Waals surface area contributed by atoms with E-state index in [4.69, 9.17) is 0 Å². The molecular formula is C10H24N2O2S. The predicted octanol–water partition coefficient (Wildman–Crippen LogP) is 0.950. The Balaban J connectivity index is 3.83. The van der Waals surface area contributed by atoms with Crippen molar-refractivity contribution in [3.05, 3.63) is 0 Å². The molecule has 1 atom stereocenters. The van der Waals surface area contributed by atoms with Gasteiger partial charge in [0.2, 0.25) is 10.0 Å². The van der Waals surface area contributed by atoms with Gasteiger partial charge in [-0.25, -0.2) is 13.1 Å². The molecule has 5 heteroatoms. The molecule has 0 aliphatic rings. The van der Waals surface area contributed by atoms with Crippen molar-refractivity contribution in [1.29, 1.82) is 0 Å². The molecule has 0 aliphatic heterocycles. The fraction of sp³-hybridized carbons (Fsp3) is 1.00. The van der Waals surface area contributed by atoms with Crippen molar-refractivity contribution in [3.8, 4) is 0 Å². The third-order valence-electron chi connectivity index (χ3n) is 2.13. The molecule has 0 radical (unpaired) electrons. The lowest BCUT2D eigenvalue weighted by Crippen LogP contribution is -2.39. The van der Waals surface area contributed by atoms with Crippen molar-refractivity contribution in [2.24, 2.45) is 5.92 Å². The van der Waals surface area contributed by atoms with Gasteiger partial charge in [-0.1, -0.05) is 20.8 Å². The van der Waals surface area contributed by atoms with Crippen LogP contribution in [0.25, 0.3) is 0 Å². The number of hydrogen-bond acceptors (Lipinski definition) is 3. The zero-order valence-electron chi connectivity index (χ0n) is 10.2. The average molecular weight is 236 g/mol. The molecule has 0 spiro atoms. The van der Waals surface area contributed by atoms with Crippen molar-refractivity contribution < 1.29 is 8.42 Å². The normalized spacial score (nSPS) is 14.5. The van der Waals surface area contributed by atoms with Crippen LogP contribution in [0, 0.1) is 5.92 Å². The Morgan fingerprint density at radius 1 is 1.20 bits per heavy atom. The molecule has 0 aromatic carbocycles. The monoisotopic (exact) mass is 236 g/mol. The smallest absolute Gasteiger partial charge is 0.211 e. The molecule has 0 bridgehead atoms. The van der Waals surface area contributed by atoms with Crippen molar-refractivity contribution in [2.45, 2.75) is 40.2 Å². The van der Waals surface area contributed by atoms with E-state index in [1.54, 1.807) is 0 Å². The number of sulfonamides is 1. The molecule has 2 N–H and O–H groups in total. The SMILES string of the molecule is CCN[C@H](C)CNS(=O)(=O)CCC(C)C. The van der Waals surface area contributed by atoms with Crippen LogP contribution in [0.5, 0.6) is 0 Å². The van der Waals surface area contributed by atoms with E-state index >= 15 is 0 Å². The summed E-state index contributed by atoms with van der Waals surface area (Å²) in [7, 11) is -3.08. The Bertz CT molecular complexity index is 250. The van der Waals surface area contributed by atoms with E-state index in [1.165, 1.54) is 0 Å². The minimum absolute atomic E-state index is 0.184. The maximum atomic E-state index is 11.5. The Morgan fingerprint density at radius 3 is 2.27 bits per heavy atom. The third-order valence-corrected chi connectivity index (χ3v) is 3.51. The van der Waals surface area contributed by atoms with Gasteiger partial charge in [0.1, 0.15) is 0 Å². The number of hydrogen-bond donors (Lipinski definition) is 2. The van der Waals surface area contributed by atoms with Crippen molar-refractivity contribution in [2.75, 3.05) is 18.8 Å². The van der Waals surface area contributed by atoms with Crippen LogP contribution in [0.1, 0.15) is 34.1 Å². The second-order valence-electron chi connectivity index (χ2n) is 4.31. The second kappa shape index (κ2) is 7.19. The Morgan fingerprint density at radius 2 is 1.80 bits per heavy atom. The van der Waals surface area contributed by atoms with Gasteiger partial charge < -0.3 is 5.32 Å². The average Bonchev–Trinajstić information content (AvgIpc) is 2.13. The van der Waals surface area contributed by atoms with Gasteiger partial charge in [0.05, 0.1) is 5.75 Å². The lowest BCUT2D eigenvalue weighted by molar-refractivity contribution is 0.529. The summed E-state index contributed by atoms with van der Waals surface area (Å²) >= 11 is 0. The Hall–Kier alpha value is -0.130. The van der Waals surface area contributed by atoms with Gasteiger partial charge in [-0.15, -0.1) is 0 Å². The van der Waals surface area contributed by atoms with Crippen LogP contribution in [0.4, 0.5) is 0 Å². The summed E-state index contributed by atoms with van der Waals surface area (Å²) in [4.78, 5) is 0. The van der Waals surface area contributed by atoms with Crippen LogP contribution >= 0.6 is 0 Å².